The SMILES string of the molecule is CCCCCCN1CCN(C2c3ccccc3-c3ccccc32)CC1. The summed E-state index contributed by atoms with van der Waals surface area (Å²) in [5, 5.41) is 0. The van der Waals surface area contributed by atoms with Crippen molar-refractivity contribution in [3.63, 3.8) is 0 Å². The van der Waals surface area contributed by atoms with Crippen molar-refractivity contribution in [3.8, 4) is 11.1 Å². The highest BCUT2D eigenvalue weighted by Gasteiger charge is 2.33. The maximum atomic E-state index is 2.70. The minimum Gasteiger partial charge on any atom is -0.301 e. The number of piperazine rings is 1. The molecule has 0 bridgehead atoms. The summed E-state index contributed by atoms with van der Waals surface area (Å²) in [6.45, 7) is 8.36. The second-order valence-corrected chi connectivity index (χ2v) is 7.52. The Morgan fingerprint density at radius 2 is 1.36 bits per heavy atom. The average Bonchev–Trinajstić information content (AvgIpc) is 3.00. The molecule has 0 aromatic heterocycles. The fraction of sp³-hybridized carbons (Fsp3) is 0.478. The molecule has 0 amide bonds. The molecule has 0 radical (unpaired) electrons. The smallest absolute Gasteiger partial charge is 0.0614 e. The van der Waals surface area contributed by atoms with Crippen LogP contribution in [0.5, 0.6) is 0 Å². The quantitative estimate of drug-likeness (QED) is 0.689. The zero-order chi connectivity index (χ0) is 17.1. The molecule has 1 heterocycles. The van der Waals surface area contributed by atoms with E-state index in [0.29, 0.717) is 6.04 Å². The maximum Gasteiger partial charge on any atom is 0.0614 e. The summed E-state index contributed by atoms with van der Waals surface area (Å²) >= 11 is 0. The standard InChI is InChI=1S/C23H30N2/c1-2-3-4-9-14-24-15-17-25(18-16-24)23-21-12-7-5-10-19(21)20-11-6-8-13-22(20)23/h5-8,10-13,23H,2-4,9,14-18H2,1H3. The lowest BCUT2D eigenvalue weighted by molar-refractivity contribution is 0.109. The fourth-order valence-corrected chi connectivity index (χ4v) is 4.53. The molecule has 2 aromatic rings. The molecule has 0 spiro atoms. The molecule has 2 aromatic carbocycles. The lowest BCUT2D eigenvalue weighted by Gasteiger charge is -2.38. The lowest BCUT2D eigenvalue weighted by atomic mass is 10.0. The van der Waals surface area contributed by atoms with Gasteiger partial charge in [0.25, 0.3) is 0 Å². The topological polar surface area (TPSA) is 6.48 Å². The number of benzene rings is 2. The van der Waals surface area contributed by atoms with Gasteiger partial charge in [-0.2, -0.15) is 0 Å². The third kappa shape index (κ3) is 3.38. The van der Waals surface area contributed by atoms with Gasteiger partial charge in [0.2, 0.25) is 0 Å². The molecular weight excluding hydrogens is 304 g/mol. The van der Waals surface area contributed by atoms with Crippen LogP contribution >= 0.6 is 0 Å². The summed E-state index contributed by atoms with van der Waals surface area (Å²) in [6.07, 6.45) is 5.47. The molecule has 2 heteroatoms. The van der Waals surface area contributed by atoms with E-state index in [0.717, 1.165) is 0 Å². The van der Waals surface area contributed by atoms with Crippen LogP contribution in [0.4, 0.5) is 0 Å². The number of nitrogens with zero attached hydrogens (tertiary/aromatic N) is 2. The van der Waals surface area contributed by atoms with Crippen molar-refractivity contribution in [2.24, 2.45) is 0 Å². The van der Waals surface area contributed by atoms with E-state index in [-0.39, 0.29) is 0 Å². The summed E-state index contributed by atoms with van der Waals surface area (Å²) in [5.74, 6) is 0. The number of unbranched alkanes of at least 4 members (excludes halogenated alkanes) is 3. The van der Waals surface area contributed by atoms with Crippen molar-refractivity contribution in [1.82, 2.24) is 9.80 Å². The van der Waals surface area contributed by atoms with Gasteiger partial charge in [-0.1, -0.05) is 74.7 Å². The monoisotopic (exact) mass is 334 g/mol. The van der Waals surface area contributed by atoms with E-state index < -0.39 is 0 Å². The van der Waals surface area contributed by atoms with Crippen LogP contribution in [0.25, 0.3) is 11.1 Å². The van der Waals surface area contributed by atoms with Gasteiger partial charge in [-0.3, -0.25) is 4.90 Å². The summed E-state index contributed by atoms with van der Waals surface area (Å²) in [6, 6.07) is 18.4. The molecule has 1 aliphatic carbocycles. The number of hydrogen-bond acceptors (Lipinski definition) is 2. The summed E-state index contributed by atoms with van der Waals surface area (Å²) in [7, 11) is 0. The molecule has 2 nitrogen and oxygen atoms in total. The highest BCUT2D eigenvalue weighted by molar-refractivity contribution is 5.78. The van der Waals surface area contributed by atoms with Crippen LogP contribution in [0.2, 0.25) is 0 Å². The minimum atomic E-state index is 0.453. The van der Waals surface area contributed by atoms with Gasteiger partial charge in [0.05, 0.1) is 6.04 Å². The van der Waals surface area contributed by atoms with Crippen LogP contribution < -0.4 is 0 Å². The van der Waals surface area contributed by atoms with E-state index in [9.17, 15) is 0 Å². The molecule has 1 fully saturated rings. The summed E-state index contributed by atoms with van der Waals surface area (Å²) in [4.78, 5) is 5.37. The molecule has 0 N–H and O–H groups in total. The van der Waals surface area contributed by atoms with Gasteiger partial charge in [0, 0.05) is 26.2 Å². The Morgan fingerprint density at radius 1 is 0.760 bits per heavy atom. The Balaban J connectivity index is 1.45. The van der Waals surface area contributed by atoms with Crippen LogP contribution in [0, 0.1) is 0 Å². The molecule has 0 atom stereocenters. The van der Waals surface area contributed by atoms with Crippen LogP contribution in [0.1, 0.15) is 49.8 Å². The normalized spacial score (nSPS) is 18.3. The summed E-state index contributed by atoms with van der Waals surface area (Å²) in [5.41, 5.74) is 5.87. The van der Waals surface area contributed by atoms with Crippen molar-refractivity contribution in [2.45, 2.75) is 38.6 Å². The molecule has 2 aliphatic rings. The predicted molar refractivity (Wildman–Crippen MR) is 106 cm³/mol. The van der Waals surface area contributed by atoms with E-state index in [1.165, 1.54) is 80.7 Å². The van der Waals surface area contributed by atoms with Crippen molar-refractivity contribution >= 4 is 0 Å². The van der Waals surface area contributed by atoms with Crippen molar-refractivity contribution in [1.29, 1.82) is 0 Å². The second kappa shape index (κ2) is 7.72. The van der Waals surface area contributed by atoms with Gasteiger partial charge >= 0.3 is 0 Å². The van der Waals surface area contributed by atoms with Gasteiger partial charge in [0.15, 0.2) is 0 Å². The molecule has 1 saturated heterocycles. The largest absolute Gasteiger partial charge is 0.301 e. The Kier molecular flexibility index (Phi) is 5.19. The van der Waals surface area contributed by atoms with Crippen molar-refractivity contribution in [2.75, 3.05) is 32.7 Å². The Labute approximate surface area is 152 Å². The zero-order valence-electron chi connectivity index (χ0n) is 15.5. The van der Waals surface area contributed by atoms with Gasteiger partial charge in [-0.25, -0.2) is 0 Å². The van der Waals surface area contributed by atoms with E-state index in [4.69, 9.17) is 0 Å². The fourth-order valence-electron chi connectivity index (χ4n) is 4.53. The molecule has 1 aliphatic heterocycles. The first kappa shape index (κ1) is 16.8. The summed E-state index contributed by atoms with van der Waals surface area (Å²) < 4.78 is 0. The van der Waals surface area contributed by atoms with E-state index in [1.54, 1.807) is 0 Å². The molecule has 4 rings (SSSR count). The average molecular weight is 335 g/mol. The second-order valence-electron chi connectivity index (χ2n) is 7.52. The maximum absolute atomic E-state index is 2.70. The van der Waals surface area contributed by atoms with Crippen molar-refractivity contribution in [3.05, 3.63) is 59.7 Å². The van der Waals surface area contributed by atoms with Crippen LogP contribution in [-0.2, 0) is 0 Å². The Morgan fingerprint density at radius 3 is 1.96 bits per heavy atom. The van der Waals surface area contributed by atoms with Gasteiger partial charge in [-0.05, 0) is 35.2 Å². The lowest BCUT2D eigenvalue weighted by Crippen LogP contribution is -2.47. The first-order valence-corrected chi connectivity index (χ1v) is 10.0. The molecule has 0 unspecified atom stereocenters. The van der Waals surface area contributed by atoms with E-state index >= 15 is 0 Å². The van der Waals surface area contributed by atoms with Gasteiger partial charge < -0.3 is 4.90 Å². The highest BCUT2D eigenvalue weighted by atomic mass is 15.3. The van der Waals surface area contributed by atoms with Crippen LogP contribution in [-0.4, -0.2) is 42.5 Å². The number of hydrogen-bond donors (Lipinski definition) is 0. The van der Waals surface area contributed by atoms with Crippen LogP contribution in [0.15, 0.2) is 48.5 Å². The van der Waals surface area contributed by atoms with Gasteiger partial charge in [0.1, 0.15) is 0 Å². The molecule has 25 heavy (non-hydrogen) atoms. The van der Waals surface area contributed by atoms with Crippen molar-refractivity contribution < 1.29 is 0 Å². The number of rotatable bonds is 6. The minimum absolute atomic E-state index is 0.453. The highest BCUT2D eigenvalue weighted by Crippen LogP contribution is 2.46. The Hall–Kier alpha value is -1.64. The Bertz CT molecular complexity index is 655. The predicted octanol–water partition coefficient (Wildman–Crippen LogP) is 4.95. The molecule has 132 valence electrons. The van der Waals surface area contributed by atoms with E-state index in [2.05, 4.69) is 65.3 Å². The molecule has 0 saturated carbocycles. The van der Waals surface area contributed by atoms with E-state index in [1.807, 2.05) is 0 Å². The number of fused-ring (bicyclic) bond motifs is 3. The zero-order valence-corrected chi connectivity index (χ0v) is 15.5. The van der Waals surface area contributed by atoms with Crippen LogP contribution in [0.3, 0.4) is 0 Å². The third-order valence-electron chi connectivity index (χ3n) is 5.90. The first-order chi connectivity index (χ1) is 12.4. The van der Waals surface area contributed by atoms with Gasteiger partial charge in [-0.15, -0.1) is 0 Å². The third-order valence-corrected chi connectivity index (χ3v) is 5.90. The first-order valence-electron chi connectivity index (χ1n) is 10.0. The molecular formula is C23H30N2.